The molecule has 0 aliphatic carbocycles. The number of hydrogen-bond donors (Lipinski definition) is 0. The zero-order chi connectivity index (χ0) is 21.9. The molecule has 0 atom stereocenters. The lowest BCUT2D eigenvalue weighted by atomic mass is 10.0. The molecule has 0 amide bonds. The molecule has 0 aliphatic heterocycles. The molecule has 0 aromatic heterocycles. The van der Waals surface area contributed by atoms with Crippen LogP contribution >= 0.6 is 0 Å². The van der Waals surface area contributed by atoms with Gasteiger partial charge >= 0.3 is 5.97 Å². The van der Waals surface area contributed by atoms with Crippen LogP contribution in [0.5, 0.6) is 0 Å². The Balaban J connectivity index is 2.46. The number of nitriles is 2. The van der Waals surface area contributed by atoms with Gasteiger partial charge in [-0.15, -0.1) is 0 Å². The van der Waals surface area contributed by atoms with E-state index in [4.69, 9.17) is 9.47 Å². The van der Waals surface area contributed by atoms with Crippen LogP contribution in [0.3, 0.4) is 0 Å². The van der Waals surface area contributed by atoms with Crippen LogP contribution in [0.25, 0.3) is 11.1 Å². The van der Waals surface area contributed by atoms with E-state index in [1.54, 1.807) is 50.3 Å². The molecule has 2 aromatic rings. The normalized spacial score (nSPS) is 10.3. The summed E-state index contributed by atoms with van der Waals surface area (Å²) < 4.78 is 10.3. The molecule has 0 N–H and O–H groups in total. The van der Waals surface area contributed by atoms with Gasteiger partial charge in [0.05, 0.1) is 13.2 Å². The second kappa shape index (κ2) is 11.0. The first kappa shape index (κ1) is 22.1. The second-order valence-electron chi connectivity index (χ2n) is 5.95. The van der Waals surface area contributed by atoms with Crippen molar-refractivity contribution in [1.82, 2.24) is 0 Å². The predicted octanol–water partition coefficient (Wildman–Crippen LogP) is 4.36. The molecule has 0 radical (unpaired) electrons. The average molecular weight is 400 g/mol. The highest BCUT2D eigenvalue weighted by Crippen LogP contribution is 2.22. The van der Waals surface area contributed by atoms with Crippen LogP contribution < -0.4 is 0 Å². The van der Waals surface area contributed by atoms with Crippen molar-refractivity contribution in [2.24, 2.45) is 0 Å². The van der Waals surface area contributed by atoms with Gasteiger partial charge in [0.25, 0.3) is 0 Å². The van der Waals surface area contributed by atoms with Gasteiger partial charge in [-0.1, -0.05) is 54.6 Å². The van der Waals surface area contributed by atoms with Crippen molar-refractivity contribution in [3.63, 3.8) is 0 Å². The summed E-state index contributed by atoms with van der Waals surface area (Å²) in [5.74, 6) is -1.60. The third kappa shape index (κ3) is 5.43. The molecule has 0 spiro atoms. The Morgan fingerprint density at radius 2 is 1.43 bits per heavy atom. The largest absolute Gasteiger partial charge is 0.491 e. The summed E-state index contributed by atoms with van der Waals surface area (Å²) in [6, 6.07) is 19.9. The Bertz CT molecular complexity index is 1040. The lowest BCUT2D eigenvalue weighted by Gasteiger charge is -2.12. The zero-order valence-corrected chi connectivity index (χ0v) is 16.7. The smallest absolute Gasteiger partial charge is 0.342 e. The van der Waals surface area contributed by atoms with Crippen LogP contribution in [0.2, 0.25) is 0 Å². The lowest BCUT2D eigenvalue weighted by Crippen LogP contribution is -2.15. The van der Waals surface area contributed by atoms with Crippen LogP contribution in [0, 0.1) is 22.7 Å². The maximum Gasteiger partial charge on any atom is 0.342 e. The quantitative estimate of drug-likeness (QED) is 0.163. The molecule has 0 bridgehead atoms. The number of esters is 1. The number of ketones is 1. The number of rotatable bonds is 8. The van der Waals surface area contributed by atoms with E-state index < -0.39 is 17.3 Å². The highest BCUT2D eigenvalue weighted by Gasteiger charge is 2.23. The van der Waals surface area contributed by atoms with Crippen molar-refractivity contribution in [2.45, 2.75) is 13.8 Å². The Labute approximate surface area is 175 Å². The summed E-state index contributed by atoms with van der Waals surface area (Å²) in [6.07, 6.45) is 1.04. The minimum Gasteiger partial charge on any atom is -0.491 e. The Morgan fingerprint density at radius 1 is 0.867 bits per heavy atom. The number of carbonyl (C=O) groups is 2. The maximum absolute atomic E-state index is 12.8. The monoisotopic (exact) mass is 400 g/mol. The summed E-state index contributed by atoms with van der Waals surface area (Å²) in [5.41, 5.74) is 1.60. The van der Waals surface area contributed by atoms with Crippen LogP contribution in [0.1, 0.15) is 24.2 Å². The number of carbonyl (C=O) groups excluding carboxylic acids is 2. The first-order valence-corrected chi connectivity index (χ1v) is 9.31. The topological polar surface area (TPSA) is 100 Å². The van der Waals surface area contributed by atoms with E-state index in [0.29, 0.717) is 5.56 Å². The van der Waals surface area contributed by atoms with E-state index in [2.05, 4.69) is 0 Å². The molecule has 0 unspecified atom stereocenters. The average Bonchev–Trinajstić information content (AvgIpc) is 2.78. The highest BCUT2D eigenvalue weighted by atomic mass is 16.5. The molecular formula is C24H20N2O4. The van der Waals surface area contributed by atoms with Crippen molar-refractivity contribution >= 4 is 11.8 Å². The number of ether oxygens (including phenoxy) is 2. The first-order valence-electron chi connectivity index (χ1n) is 9.31. The van der Waals surface area contributed by atoms with Gasteiger partial charge in [-0.3, -0.25) is 4.79 Å². The van der Waals surface area contributed by atoms with Gasteiger partial charge in [0.2, 0.25) is 0 Å². The summed E-state index contributed by atoms with van der Waals surface area (Å²) in [7, 11) is 0. The summed E-state index contributed by atoms with van der Waals surface area (Å²) in [6.45, 7) is 3.40. The number of hydrogen-bond acceptors (Lipinski definition) is 6. The first-order chi connectivity index (χ1) is 14.5. The van der Waals surface area contributed by atoms with E-state index >= 15 is 0 Å². The number of nitrogens with zero attached hydrogens (tertiary/aromatic N) is 2. The van der Waals surface area contributed by atoms with Crippen molar-refractivity contribution in [3.8, 4) is 23.3 Å². The van der Waals surface area contributed by atoms with E-state index in [-0.39, 0.29) is 24.5 Å². The zero-order valence-electron chi connectivity index (χ0n) is 16.7. The Hall–Kier alpha value is -4.16. The van der Waals surface area contributed by atoms with Crippen LogP contribution in [-0.4, -0.2) is 25.0 Å². The molecule has 0 saturated carbocycles. The van der Waals surface area contributed by atoms with Crippen molar-refractivity contribution in [2.75, 3.05) is 13.2 Å². The van der Waals surface area contributed by atoms with Gasteiger partial charge in [0.15, 0.2) is 17.1 Å². The van der Waals surface area contributed by atoms with E-state index in [9.17, 15) is 20.1 Å². The molecule has 2 aromatic carbocycles. The molecule has 0 heterocycles. The fourth-order valence-electron chi connectivity index (χ4n) is 2.65. The van der Waals surface area contributed by atoms with Crippen LogP contribution in [0.4, 0.5) is 0 Å². The second-order valence-corrected chi connectivity index (χ2v) is 5.95. The summed E-state index contributed by atoms with van der Waals surface area (Å²) >= 11 is 0. The SMILES string of the molecule is CCOC(=O)/C(=C/C(=O)c1ccc(-c2ccccc2)cc1)C(OCC)=C(C#N)C#N. The minimum atomic E-state index is -0.849. The number of allylic oxidation sites excluding steroid dienone is 2. The molecule has 150 valence electrons. The fraction of sp³-hybridized carbons (Fsp3) is 0.167. The van der Waals surface area contributed by atoms with Gasteiger partial charge in [-0.05, 0) is 25.0 Å². The Kier molecular flexibility index (Phi) is 8.11. The number of benzene rings is 2. The van der Waals surface area contributed by atoms with Crippen molar-refractivity contribution < 1.29 is 19.1 Å². The lowest BCUT2D eigenvalue weighted by molar-refractivity contribution is -0.138. The third-order valence-corrected chi connectivity index (χ3v) is 4.03. The van der Waals surface area contributed by atoms with Gasteiger partial charge < -0.3 is 9.47 Å². The standard InChI is InChI=1S/C24H20N2O4/c1-3-29-23(20(15-25)16-26)21(24(28)30-4-2)14-22(27)19-12-10-18(11-13-19)17-8-6-5-7-9-17/h5-14H,3-4H2,1-2H3/b21-14+. The molecular weight excluding hydrogens is 380 g/mol. The van der Waals surface area contributed by atoms with Gasteiger partial charge in [-0.2, -0.15) is 10.5 Å². The molecule has 0 fully saturated rings. The van der Waals surface area contributed by atoms with Crippen LogP contribution in [0.15, 0.2) is 77.6 Å². The van der Waals surface area contributed by atoms with Gasteiger partial charge in [0.1, 0.15) is 17.7 Å². The Morgan fingerprint density at radius 3 is 1.97 bits per heavy atom. The minimum absolute atomic E-state index is 0.0595. The maximum atomic E-state index is 12.8. The molecule has 6 nitrogen and oxygen atoms in total. The molecule has 0 aliphatic rings. The van der Waals surface area contributed by atoms with Crippen LogP contribution in [-0.2, 0) is 14.3 Å². The molecule has 6 heteroatoms. The van der Waals surface area contributed by atoms with E-state index in [1.807, 2.05) is 30.3 Å². The predicted molar refractivity (Wildman–Crippen MR) is 111 cm³/mol. The van der Waals surface area contributed by atoms with Gasteiger partial charge in [-0.25, -0.2) is 4.79 Å². The van der Waals surface area contributed by atoms with Crippen molar-refractivity contribution in [1.29, 1.82) is 10.5 Å². The van der Waals surface area contributed by atoms with Gasteiger partial charge in [0, 0.05) is 11.6 Å². The molecule has 2 rings (SSSR count). The third-order valence-electron chi connectivity index (χ3n) is 4.03. The molecule has 0 saturated heterocycles. The molecule has 30 heavy (non-hydrogen) atoms. The fourth-order valence-corrected chi connectivity index (χ4v) is 2.65. The van der Waals surface area contributed by atoms with E-state index in [0.717, 1.165) is 17.2 Å². The summed E-state index contributed by atoms with van der Waals surface area (Å²) in [4.78, 5) is 25.2. The highest BCUT2D eigenvalue weighted by molar-refractivity contribution is 6.10. The summed E-state index contributed by atoms with van der Waals surface area (Å²) in [5, 5.41) is 18.4. The van der Waals surface area contributed by atoms with E-state index in [1.165, 1.54) is 0 Å². The van der Waals surface area contributed by atoms with Crippen molar-refractivity contribution in [3.05, 3.63) is 83.1 Å².